The van der Waals surface area contributed by atoms with Gasteiger partial charge in [0, 0.05) is 12.6 Å². The Morgan fingerprint density at radius 1 is 0.971 bits per heavy atom. The molecule has 0 unspecified atom stereocenters. The van der Waals surface area contributed by atoms with E-state index in [1.165, 1.54) is 17.0 Å². The molecule has 0 spiro atoms. The van der Waals surface area contributed by atoms with Gasteiger partial charge in [0.05, 0.1) is 13.7 Å². The molecule has 1 amide bonds. The molecule has 3 aromatic carbocycles. The van der Waals surface area contributed by atoms with Crippen LogP contribution in [-0.4, -0.2) is 38.3 Å². The first kappa shape index (κ1) is 25.5. The Kier molecular flexibility index (Phi) is 8.85. The van der Waals surface area contributed by atoms with Crippen molar-refractivity contribution < 1.29 is 17.9 Å². The van der Waals surface area contributed by atoms with Gasteiger partial charge in [0.25, 0.3) is 0 Å². The number of hydrogen-bond donors (Lipinski definition) is 1. The van der Waals surface area contributed by atoms with Crippen molar-refractivity contribution in [3.63, 3.8) is 0 Å². The standard InChI is InChI=1S/C27H32N2O4S/c1-21-14-17-25(33-3)26(18-21)34(31,32)29(19-24-12-8-5-9-13-24)20-27(30)28-22(2)15-16-23-10-6-4-7-11-23/h4-14,17-18,22H,15-16,19-20H2,1-3H3,(H,28,30)/t22-/m0/s1. The maximum Gasteiger partial charge on any atom is 0.247 e. The highest BCUT2D eigenvalue weighted by Gasteiger charge is 2.30. The van der Waals surface area contributed by atoms with Crippen LogP contribution in [0.25, 0.3) is 0 Å². The summed E-state index contributed by atoms with van der Waals surface area (Å²) in [7, 11) is -2.57. The molecule has 3 rings (SSSR count). The van der Waals surface area contributed by atoms with Crippen molar-refractivity contribution in [2.75, 3.05) is 13.7 Å². The van der Waals surface area contributed by atoms with Crippen molar-refractivity contribution in [1.29, 1.82) is 0 Å². The zero-order valence-corrected chi connectivity index (χ0v) is 20.7. The van der Waals surface area contributed by atoms with Crippen LogP contribution in [0.1, 0.15) is 30.0 Å². The number of ether oxygens (including phenoxy) is 1. The SMILES string of the molecule is COc1ccc(C)cc1S(=O)(=O)N(CC(=O)N[C@@H](C)CCc1ccccc1)Cc1ccccc1. The number of sulfonamides is 1. The Bertz CT molecular complexity index is 1180. The summed E-state index contributed by atoms with van der Waals surface area (Å²) in [4.78, 5) is 13.0. The molecule has 3 aromatic rings. The van der Waals surface area contributed by atoms with Crippen LogP contribution in [0.4, 0.5) is 0 Å². The number of amides is 1. The third-order valence-electron chi connectivity index (χ3n) is 5.57. The van der Waals surface area contributed by atoms with E-state index in [-0.39, 0.29) is 35.7 Å². The van der Waals surface area contributed by atoms with Gasteiger partial charge in [-0.1, -0.05) is 66.7 Å². The third kappa shape index (κ3) is 6.92. The maximum atomic E-state index is 13.7. The summed E-state index contributed by atoms with van der Waals surface area (Å²) in [5.74, 6) is -0.0908. The molecule has 0 fully saturated rings. The number of aryl methyl sites for hydroxylation is 2. The summed E-state index contributed by atoms with van der Waals surface area (Å²) in [5.41, 5.74) is 2.78. The highest BCUT2D eigenvalue weighted by molar-refractivity contribution is 7.89. The Hall–Kier alpha value is -3.16. The van der Waals surface area contributed by atoms with Crippen molar-refractivity contribution in [2.24, 2.45) is 0 Å². The molecular formula is C27H32N2O4S. The van der Waals surface area contributed by atoms with Crippen molar-refractivity contribution in [3.8, 4) is 5.75 Å². The van der Waals surface area contributed by atoms with Crippen LogP contribution < -0.4 is 10.1 Å². The average Bonchev–Trinajstić information content (AvgIpc) is 2.83. The van der Waals surface area contributed by atoms with Gasteiger partial charge in [0.1, 0.15) is 10.6 Å². The van der Waals surface area contributed by atoms with E-state index < -0.39 is 10.0 Å². The fraction of sp³-hybridized carbons (Fsp3) is 0.296. The second kappa shape index (κ2) is 11.8. The molecule has 6 nitrogen and oxygen atoms in total. The van der Waals surface area contributed by atoms with Crippen molar-refractivity contribution in [3.05, 3.63) is 95.6 Å². The smallest absolute Gasteiger partial charge is 0.247 e. The second-order valence-corrected chi connectivity index (χ2v) is 10.3. The molecule has 0 heterocycles. The molecule has 0 saturated heterocycles. The molecule has 0 bridgehead atoms. The van der Waals surface area contributed by atoms with Gasteiger partial charge in [-0.15, -0.1) is 0 Å². The molecule has 0 saturated carbocycles. The van der Waals surface area contributed by atoms with Crippen LogP contribution in [0, 0.1) is 6.92 Å². The summed E-state index contributed by atoms with van der Waals surface area (Å²) < 4.78 is 33.9. The largest absolute Gasteiger partial charge is 0.495 e. The first-order valence-electron chi connectivity index (χ1n) is 11.3. The molecule has 0 aliphatic heterocycles. The number of hydrogen-bond acceptors (Lipinski definition) is 4. The van der Waals surface area contributed by atoms with Crippen LogP contribution in [-0.2, 0) is 27.8 Å². The van der Waals surface area contributed by atoms with Crippen LogP contribution in [0.15, 0.2) is 83.8 Å². The van der Waals surface area contributed by atoms with Gasteiger partial charge in [-0.05, 0) is 55.5 Å². The van der Waals surface area contributed by atoms with Crippen LogP contribution in [0.2, 0.25) is 0 Å². The number of benzene rings is 3. The zero-order valence-electron chi connectivity index (χ0n) is 19.9. The average molecular weight is 481 g/mol. The fourth-order valence-electron chi connectivity index (χ4n) is 3.72. The van der Waals surface area contributed by atoms with E-state index in [1.807, 2.05) is 62.4 Å². The van der Waals surface area contributed by atoms with Gasteiger partial charge in [-0.3, -0.25) is 4.79 Å². The van der Waals surface area contributed by atoms with E-state index in [1.54, 1.807) is 18.2 Å². The summed E-state index contributed by atoms with van der Waals surface area (Å²) >= 11 is 0. The lowest BCUT2D eigenvalue weighted by Gasteiger charge is -2.24. The van der Waals surface area contributed by atoms with Crippen LogP contribution in [0.3, 0.4) is 0 Å². The van der Waals surface area contributed by atoms with Gasteiger partial charge >= 0.3 is 0 Å². The van der Waals surface area contributed by atoms with Gasteiger partial charge < -0.3 is 10.1 Å². The van der Waals surface area contributed by atoms with Crippen LogP contribution in [0.5, 0.6) is 5.75 Å². The first-order valence-corrected chi connectivity index (χ1v) is 12.8. The molecule has 180 valence electrons. The quantitative estimate of drug-likeness (QED) is 0.443. The molecular weight excluding hydrogens is 448 g/mol. The first-order chi connectivity index (χ1) is 16.3. The monoisotopic (exact) mass is 480 g/mol. The van der Waals surface area contributed by atoms with E-state index in [4.69, 9.17) is 4.74 Å². The Morgan fingerprint density at radius 2 is 1.59 bits per heavy atom. The lowest BCUT2D eigenvalue weighted by molar-refractivity contribution is -0.122. The molecule has 7 heteroatoms. The van der Waals surface area contributed by atoms with Crippen LogP contribution >= 0.6 is 0 Å². The summed E-state index contributed by atoms with van der Waals surface area (Å²) in [6.45, 7) is 3.54. The van der Waals surface area contributed by atoms with E-state index in [0.29, 0.717) is 0 Å². The van der Waals surface area contributed by atoms with Crippen molar-refractivity contribution in [2.45, 2.75) is 44.2 Å². The molecule has 1 N–H and O–H groups in total. The van der Waals surface area contributed by atoms with E-state index in [0.717, 1.165) is 24.0 Å². The summed E-state index contributed by atoms with van der Waals surface area (Å²) in [6.07, 6.45) is 1.59. The Morgan fingerprint density at radius 3 is 2.21 bits per heavy atom. The number of nitrogens with zero attached hydrogens (tertiary/aromatic N) is 1. The molecule has 0 aliphatic rings. The number of rotatable bonds is 11. The van der Waals surface area contributed by atoms with Crippen molar-refractivity contribution >= 4 is 15.9 Å². The second-order valence-electron chi connectivity index (χ2n) is 8.41. The molecule has 34 heavy (non-hydrogen) atoms. The number of methoxy groups -OCH3 is 1. The predicted octanol–water partition coefficient (Wildman–Crippen LogP) is 4.33. The third-order valence-corrected chi connectivity index (χ3v) is 7.39. The van der Waals surface area contributed by atoms with Gasteiger partial charge in [0.15, 0.2) is 0 Å². The van der Waals surface area contributed by atoms with E-state index >= 15 is 0 Å². The topological polar surface area (TPSA) is 75.7 Å². The predicted molar refractivity (Wildman–Crippen MR) is 134 cm³/mol. The molecule has 0 aromatic heterocycles. The fourth-order valence-corrected chi connectivity index (χ4v) is 5.34. The number of nitrogens with one attached hydrogen (secondary N) is 1. The minimum atomic E-state index is -4.00. The van der Waals surface area contributed by atoms with Gasteiger partial charge in [-0.25, -0.2) is 8.42 Å². The lowest BCUT2D eigenvalue weighted by Crippen LogP contribution is -2.43. The molecule has 0 aliphatic carbocycles. The highest BCUT2D eigenvalue weighted by atomic mass is 32.2. The van der Waals surface area contributed by atoms with E-state index in [2.05, 4.69) is 17.4 Å². The number of carbonyl (C=O) groups is 1. The molecule has 1 atom stereocenters. The normalized spacial score (nSPS) is 12.4. The van der Waals surface area contributed by atoms with Crippen molar-refractivity contribution in [1.82, 2.24) is 9.62 Å². The Labute approximate surface area is 202 Å². The minimum Gasteiger partial charge on any atom is -0.495 e. The van der Waals surface area contributed by atoms with Gasteiger partial charge in [0.2, 0.25) is 15.9 Å². The Balaban J connectivity index is 1.78. The van der Waals surface area contributed by atoms with E-state index in [9.17, 15) is 13.2 Å². The zero-order chi connectivity index (χ0) is 24.6. The highest BCUT2D eigenvalue weighted by Crippen LogP contribution is 2.28. The maximum absolute atomic E-state index is 13.7. The summed E-state index contributed by atoms with van der Waals surface area (Å²) in [6, 6.07) is 24.2. The number of carbonyl (C=O) groups excluding carboxylic acids is 1. The lowest BCUT2D eigenvalue weighted by atomic mass is 10.1. The van der Waals surface area contributed by atoms with Gasteiger partial charge in [-0.2, -0.15) is 4.31 Å². The summed E-state index contributed by atoms with van der Waals surface area (Å²) in [5, 5.41) is 2.95. The molecule has 0 radical (unpaired) electrons. The minimum absolute atomic E-state index is 0.0517.